The van der Waals surface area contributed by atoms with Gasteiger partial charge in [0.15, 0.2) is 0 Å². The molecule has 2 aliphatic carbocycles. The van der Waals surface area contributed by atoms with Crippen molar-refractivity contribution in [2.75, 3.05) is 0 Å². The van der Waals surface area contributed by atoms with Gasteiger partial charge in [0, 0.05) is 11.8 Å². The Morgan fingerprint density at radius 2 is 1.87 bits per heavy atom. The molecule has 2 fully saturated rings. The molecule has 0 amide bonds. The van der Waals surface area contributed by atoms with Gasteiger partial charge in [-0.25, -0.2) is 9.18 Å². The van der Waals surface area contributed by atoms with E-state index in [9.17, 15) is 19.1 Å². The van der Waals surface area contributed by atoms with Crippen molar-refractivity contribution in [1.29, 1.82) is 0 Å². The third-order valence-electron chi connectivity index (χ3n) is 3.53. The molecule has 0 heterocycles. The molecule has 0 saturated heterocycles. The van der Waals surface area contributed by atoms with Crippen LogP contribution in [-0.4, -0.2) is 44.6 Å². The second-order valence-electron chi connectivity index (χ2n) is 4.15. The van der Waals surface area contributed by atoms with Gasteiger partial charge in [-0.2, -0.15) is 0 Å². The van der Waals surface area contributed by atoms with Crippen LogP contribution in [-0.2, 0) is 9.59 Å². The minimum absolute atomic E-state index is 0.226. The van der Waals surface area contributed by atoms with E-state index < -0.39 is 41.1 Å². The normalized spacial score (nSPS) is 52.3. The fraction of sp³-hybridized carbons (Fsp3) is 0.750. The number of hydrogen-bond acceptors (Lipinski definition) is 4. The van der Waals surface area contributed by atoms with Crippen LogP contribution in [0, 0.1) is 11.8 Å². The van der Waals surface area contributed by atoms with Gasteiger partial charge in [-0.1, -0.05) is 0 Å². The van der Waals surface area contributed by atoms with Gasteiger partial charge in [0.1, 0.15) is 5.54 Å². The van der Waals surface area contributed by atoms with Gasteiger partial charge in [0.25, 0.3) is 0 Å². The van der Waals surface area contributed by atoms with Crippen LogP contribution >= 0.6 is 0 Å². The van der Waals surface area contributed by atoms with Crippen LogP contribution in [0.4, 0.5) is 4.39 Å². The van der Waals surface area contributed by atoms with Crippen molar-refractivity contribution in [3.63, 3.8) is 0 Å². The highest BCUT2D eigenvalue weighted by Crippen LogP contribution is 2.66. The van der Waals surface area contributed by atoms with E-state index in [0.29, 0.717) is 0 Å². The minimum atomic E-state index is -2.59. The zero-order chi connectivity index (χ0) is 11.6. The molecule has 0 spiro atoms. The summed E-state index contributed by atoms with van der Waals surface area (Å²) in [4.78, 5) is 21.4. The number of carboxylic acid groups (broad SMARTS) is 2. The Hall–Kier alpha value is -1.21. The molecule has 0 bridgehead atoms. The maximum absolute atomic E-state index is 13.7. The van der Waals surface area contributed by atoms with Gasteiger partial charge in [-0.3, -0.25) is 4.79 Å². The Kier molecular flexibility index (Phi) is 1.70. The third kappa shape index (κ3) is 0.895. The molecule has 6 nitrogen and oxygen atoms in total. The lowest BCUT2D eigenvalue weighted by atomic mass is 9.88. The molecule has 0 aliphatic heterocycles. The predicted octanol–water partition coefficient (Wildman–Crippen LogP) is -1.43. The molecule has 2 aliphatic rings. The number of aliphatic hydroxyl groups excluding tert-OH is 1. The largest absolute Gasteiger partial charge is 0.480 e. The molecule has 0 aromatic carbocycles. The van der Waals surface area contributed by atoms with Gasteiger partial charge < -0.3 is 21.1 Å². The molecular formula is C8H10FNO5. The summed E-state index contributed by atoms with van der Waals surface area (Å²) in [6.07, 6.45) is -1.62. The molecule has 15 heavy (non-hydrogen) atoms. The van der Waals surface area contributed by atoms with Gasteiger partial charge in [0.05, 0.1) is 6.10 Å². The average Bonchev–Trinajstić information content (AvgIpc) is 2.60. The van der Waals surface area contributed by atoms with Crippen molar-refractivity contribution in [2.45, 2.75) is 23.7 Å². The topological polar surface area (TPSA) is 121 Å². The number of carboxylic acids is 2. The van der Waals surface area contributed by atoms with Crippen molar-refractivity contribution in [2.24, 2.45) is 17.6 Å². The molecule has 5 atom stereocenters. The summed E-state index contributed by atoms with van der Waals surface area (Å²) >= 11 is 0. The number of carbonyl (C=O) groups is 2. The lowest BCUT2D eigenvalue weighted by molar-refractivity contribution is -0.153. The monoisotopic (exact) mass is 219 g/mol. The predicted molar refractivity (Wildman–Crippen MR) is 43.6 cm³/mol. The van der Waals surface area contributed by atoms with E-state index in [1.807, 2.05) is 0 Å². The molecular weight excluding hydrogens is 209 g/mol. The summed E-state index contributed by atoms with van der Waals surface area (Å²) in [5.41, 5.74) is 0.617. The average molecular weight is 219 g/mol. The number of fused-ring (bicyclic) bond motifs is 1. The van der Waals surface area contributed by atoms with Crippen LogP contribution < -0.4 is 5.73 Å². The molecule has 1 unspecified atom stereocenters. The highest BCUT2D eigenvalue weighted by molar-refractivity contribution is 5.90. The molecule has 2 saturated carbocycles. The molecule has 0 radical (unpaired) electrons. The number of aliphatic carboxylic acids is 2. The maximum atomic E-state index is 13.7. The quantitative estimate of drug-likeness (QED) is 0.452. The van der Waals surface area contributed by atoms with Gasteiger partial charge in [-0.05, 0) is 6.42 Å². The third-order valence-corrected chi connectivity index (χ3v) is 3.53. The summed E-state index contributed by atoms with van der Waals surface area (Å²) in [5.74, 6) is -5.61. The van der Waals surface area contributed by atoms with E-state index in [4.69, 9.17) is 15.9 Å². The zero-order valence-corrected chi connectivity index (χ0v) is 7.55. The van der Waals surface area contributed by atoms with E-state index in [0.717, 1.165) is 0 Å². The number of aliphatic hydroxyl groups is 1. The smallest absolute Gasteiger partial charge is 0.342 e. The van der Waals surface area contributed by atoms with E-state index in [2.05, 4.69) is 0 Å². The summed E-state index contributed by atoms with van der Waals surface area (Å²) in [7, 11) is 0. The van der Waals surface area contributed by atoms with Crippen molar-refractivity contribution in [3.05, 3.63) is 0 Å². The second kappa shape index (κ2) is 2.48. The van der Waals surface area contributed by atoms with Crippen LogP contribution in [0.2, 0.25) is 0 Å². The van der Waals surface area contributed by atoms with Crippen molar-refractivity contribution in [3.8, 4) is 0 Å². The number of rotatable bonds is 2. The molecule has 0 aromatic heterocycles. The number of alkyl halides is 1. The fourth-order valence-corrected chi connectivity index (χ4v) is 2.62. The first-order chi connectivity index (χ1) is 6.77. The van der Waals surface area contributed by atoms with Crippen LogP contribution in [0.15, 0.2) is 0 Å². The molecule has 2 rings (SSSR count). The summed E-state index contributed by atoms with van der Waals surface area (Å²) in [5, 5.41) is 26.8. The Labute approximate surface area is 83.5 Å². The Balaban J connectivity index is 2.37. The number of halogens is 1. The van der Waals surface area contributed by atoms with Crippen LogP contribution in [0.5, 0.6) is 0 Å². The minimum Gasteiger partial charge on any atom is -0.480 e. The number of nitrogens with two attached hydrogens (primary N) is 1. The van der Waals surface area contributed by atoms with E-state index >= 15 is 0 Å². The van der Waals surface area contributed by atoms with Crippen molar-refractivity contribution < 1.29 is 29.3 Å². The van der Waals surface area contributed by atoms with Gasteiger partial charge >= 0.3 is 11.9 Å². The van der Waals surface area contributed by atoms with Crippen molar-refractivity contribution >= 4 is 11.9 Å². The van der Waals surface area contributed by atoms with E-state index in [1.165, 1.54) is 0 Å². The standard InChI is InChI=1S/C8H10FNO5/c9-7(5(12)13)2-1-3(11)8(10,4(2)7)6(14)15/h2-4,11H,1,10H2,(H,12,13)(H,14,15)/t2-,3-,4?,7-,8-/m0/s1. The summed E-state index contributed by atoms with van der Waals surface area (Å²) in [6.45, 7) is 0. The lowest BCUT2D eigenvalue weighted by Crippen LogP contribution is -2.59. The van der Waals surface area contributed by atoms with Gasteiger partial charge in [-0.15, -0.1) is 0 Å². The summed E-state index contributed by atoms with van der Waals surface area (Å²) < 4.78 is 13.7. The Morgan fingerprint density at radius 3 is 2.27 bits per heavy atom. The SMILES string of the molecule is N[C@]1(C(=O)O)C2[C@H](C[C@@H]1O)[C@@]2(F)C(=O)O. The highest BCUT2D eigenvalue weighted by atomic mass is 19.1. The highest BCUT2D eigenvalue weighted by Gasteiger charge is 2.84. The van der Waals surface area contributed by atoms with Crippen molar-refractivity contribution in [1.82, 2.24) is 0 Å². The first kappa shape index (κ1) is 10.3. The molecule has 84 valence electrons. The second-order valence-corrected chi connectivity index (χ2v) is 4.15. The molecule has 7 heteroatoms. The zero-order valence-electron chi connectivity index (χ0n) is 7.55. The van der Waals surface area contributed by atoms with Crippen LogP contribution in [0.25, 0.3) is 0 Å². The lowest BCUT2D eigenvalue weighted by Gasteiger charge is -2.27. The Bertz CT molecular complexity index is 361. The molecule has 0 aromatic rings. The first-order valence-electron chi connectivity index (χ1n) is 4.40. The maximum Gasteiger partial charge on any atom is 0.342 e. The summed E-state index contributed by atoms with van der Waals surface area (Å²) in [6, 6.07) is 0. The first-order valence-corrected chi connectivity index (χ1v) is 4.40. The van der Waals surface area contributed by atoms with E-state index in [1.54, 1.807) is 0 Å². The Morgan fingerprint density at radius 1 is 1.33 bits per heavy atom. The van der Waals surface area contributed by atoms with Crippen LogP contribution in [0.1, 0.15) is 6.42 Å². The fourth-order valence-electron chi connectivity index (χ4n) is 2.62. The van der Waals surface area contributed by atoms with Crippen LogP contribution in [0.3, 0.4) is 0 Å². The number of hydrogen-bond donors (Lipinski definition) is 4. The molecule has 5 N–H and O–H groups in total. The van der Waals surface area contributed by atoms with Gasteiger partial charge in [0.2, 0.25) is 5.67 Å². The van der Waals surface area contributed by atoms with E-state index in [-0.39, 0.29) is 6.42 Å².